The summed E-state index contributed by atoms with van der Waals surface area (Å²) >= 11 is 0. The Labute approximate surface area is 116 Å². The van der Waals surface area contributed by atoms with E-state index in [1.54, 1.807) is 0 Å². The van der Waals surface area contributed by atoms with E-state index in [4.69, 9.17) is 0 Å². The van der Waals surface area contributed by atoms with Gasteiger partial charge in [0.15, 0.2) is 5.82 Å². The van der Waals surface area contributed by atoms with Crippen LogP contribution in [0.4, 0.5) is 24.5 Å². The van der Waals surface area contributed by atoms with Crippen LogP contribution in [0.5, 0.6) is 0 Å². The number of anilines is 1. The molecule has 2 aromatic rings. The molecule has 21 heavy (non-hydrogen) atoms. The molecular formula is C13H8F3N3O2. The van der Waals surface area contributed by atoms with Gasteiger partial charge in [-0.3, -0.25) is 15.5 Å². The van der Waals surface area contributed by atoms with E-state index in [0.29, 0.717) is 6.07 Å². The minimum Gasteiger partial charge on any atom is -0.276 e. The van der Waals surface area contributed by atoms with Gasteiger partial charge in [-0.05, 0) is 18.2 Å². The summed E-state index contributed by atoms with van der Waals surface area (Å²) < 4.78 is 39.4. The number of benzene rings is 2. The first-order valence-corrected chi connectivity index (χ1v) is 5.65. The van der Waals surface area contributed by atoms with Crippen molar-refractivity contribution >= 4 is 17.6 Å². The molecule has 0 atom stereocenters. The van der Waals surface area contributed by atoms with Gasteiger partial charge in [0.2, 0.25) is 0 Å². The maximum Gasteiger partial charge on any atom is 0.270 e. The Kier molecular flexibility index (Phi) is 4.17. The Morgan fingerprint density at radius 3 is 2.52 bits per heavy atom. The molecule has 2 rings (SSSR count). The first kappa shape index (κ1) is 14.5. The molecule has 1 N–H and O–H groups in total. The first-order valence-electron chi connectivity index (χ1n) is 5.65. The lowest BCUT2D eigenvalue weighted by Gasteiger charge is -2.02. The molecule has 0 fully saturated rings. The second-order valence-corrected chi connectivity index (χ2v) is 3.96. The molecule has 0 aliphatic rings. The summed E-state index contributed by atoms with van der Waals surface area (Å²) in [5.74, 6) is -2.33. The van der Waals surface area contributed by atoms with Crippen molar-refractivity contribution in [3.05, 3.63) is 69.5 Å². The molecular weight excluding hydrogens is 287 g/mol. The first-order chi connectivity index (χ1) is 9.97. The fourth-order valence-electron chi connectivity index (χ4n) is 1.50. The van der Waals surface area contributed by atoms with Crippen LogP contribution in [0.3, 0.4) is 0 Å². The zero-order valence-electron chi connectivity index (χ0n) is 10.4. The topological polar surface area (TPSA) is 67.5 Å². The molecule has 0 saturated heterocycles. The highest BCUT2D eigenvalue weighted by atomic mass is 19.1. The van der Waals surface area contributed by atoms with Gasteiger partial charge in [-0.1, -0.05) is 0 Å². The van der Waals surface area contributed by atoms with Crippen molar-refractivity contribution in [1.29, 1.82) is 0 Å². The number of nitro groups is 1. The number of halogens is 3. The van der Waals surface area contributed by atoms with Crippen LogP contribution in [0.25, 0.3) is 0 Å². The van der Waals surface area contributed by atoms with E-state index in [1.807, 2.05) is 0 Å². The Hall–Kier alpha value is -2.90. The van der Waals surface area contributed by atoms with Gasteiger partial charge in [-0.25, -0.2) is 13.2 Å². The normalized spacial score (nSPS) is 10.8. The molecule has 8 heteroatoms. The molecule has 5 nitrogen and oxygen atoms in total. The third kappa shape index (κ3) is 3.56. The van der Waals surface area contributed by atoms with E-state index in [-0.39, 0.29) is 16.9 Å². The van der Waals surface area contributed by atoms with Gasteiger partial charge in [0, 0.05) is 23.8 Å². The molecule has 0 amide bonds. The van der Waals surface area contributed by atoms with Crippen LogP contribution < -0.4 is 5.43 Å². The highest BCUT2D eigenvalue weighted by Crippen LogP contribution is 2.17. The number of nitro benzene ring substituents is 1. The Morgan fingerprint density at radius 2 is 1.86 bits per heavy atom. The lowest BCUT2D eigenvalue weighted by atomic mass is 10.2. The van der Waals surface area contributed by atoms with Gasteiger partial charge in [-0.2, -0.15) is 5.10 Å². The molecule has 0 aromatic heterocycles. The third-order valence-electron chi connectivity index (χ3n) is 2.51. The van der Waals surface area contributed by atoms with Gasteiger partial charge >= 0.3 is 0 Å². The SMILES string of the molecule is O=[N+]([O-])c1ccc(F)c(C=NNc2ccc(F)cc2F)c1. The molecule has 0 aliphatic heterocycles. The van der Waals surface area contributed by atoms with Crippen molar-refractivity contribution in [3.8, 4) is 0 Å². The zero-order valence-corrected chi connectivity index (χ0v) is 10.4. The highest BCUT2D eigenvalue weighted by Gasteiger charge is 2.09. The lowest BCUT2D eigenvalue weighted by Crippen LogP contribution is -1.97. The molecule has 0 bridgehead atoms. The summed E-state index contributed by atoms with van der Waals surface area (Å²) in [4.78, 5) is 9.90. The van der Waals surface area contributed by atoms with Crippen molar-refractivity contribution < 1.29 is 18.1 Å². The monoisotopic (exact) mass is 295 g/mol. The van der Waals surface area contributed by atoms with Crippen molar-refractivity contribution in [2.24, 2.45) is 5.10 Å². The van der Waals surface area contributed by atoms with Gasteiger partial charge in [0.05, 0.1) is 16.8 Å². The predicted octanol–water partition coefficient (Wildman–Crippen LogP) is 3.46. The summed E-state index contributed by atoms with van der Waals surface area (Å²) in [5, 5.41) is 14.1. The van der Waals surface area contributed by atoms with Crippen LogP contribution in [-0.4, -0.2) is 11.1 Å². The average Bonchev–Trinajstić information content (AvgIpc) is 2.43. The molecule has 2 aromatic carbocycles. The molecule has 0 spiro atoms. The maximum atomic E-state index is 13.4. The van der Waals surface area contributed by atoms with E-state index in [2.05, 4.69) is 10.5 Å². The number of hydrogen-bond acceptors (Lipinski definition) is 4. The number of hydrazone groups is 1. The van der Waals surface area contributed by atoms with E-state index < -0.39 is 22.4 Å². The number of hydrogen-bond donors (Lipinski definition) is 1. The maximum absolute atomic E-state index is 13.4. The lowest BCUT2D eigenvalue weighted by molar-refractivity contribution is -0.384. The van der Waals surface area contributed by atoms with Crippen LogP contribution in [0.2, 0.25) is 0 Å². The zero-order chi connectivity index (χ0) is 15.4. The average molecular weight is 295 g/mol. The summed E-state index contributed by atoms with van der Waals surface area (Å²) in [6, 6.07) is 5.73. The van der Waals surface area contributed by atoms with Crippen molar-refractivity contribution in [2.45, 2.75) is 0 Å². The third-order valence-corrected chi connectivity index (χ3v) is 2.51. The van der Waals surface area contributed by atoms with Crippen molar-refractivity contribution in [1.82, 2.24) is 0 Å². The summed E-state index contributed by atoms with van der Waals surface area (Å²) in [7, 11) is 0. The summed E-state index contributed by atoms with van der Waals surface area (Å²) in [5.41, 5.74) is 1.70. The molecule has 0 radical (unpaired) electrons. The smallest absolute Gasteiger partial charge is 0.270 e. The summed E-state index contributed by atoms with van der Waals surface area (Å²) in [6.45, 7) is 0. The van der Waals surface area contributed by atoms with Gasteiger partial charge < -0.3 is 0 Å². The minimum atomic E-state index is -0.869. The number of nitrogens with one attached hydrogen (secondary N) is 1. The molecule has 0 unspecified atom stereocenters. The Balaban J connectivity index is 2.17. The van der Waals surface area contributed by atoms with Gasteiger partial charge in [0.1, 0.15) is 11.6 Å². The number of non-ortho nitro benzene ring substituents is 1. The molecule has 108 valence electrons. The Bertz CT molecular complexity index is 720. The van der Waals surface area contributed by atoms with E-state index in [0.717, 1.165) is 36.5 Å². The summed E-state index contributed by atoms with van der Waals surface area (Å²) in [6.07, 6.45) is 0.963. The molecule has 0 aliphatic carbocycles. The van der Waals surface area contributed by atoms with Crippen LogP contribution >= 0.6 is 0 Å². The second kappa shape index (κ2) is 6.04. The highest BCUT2D eigenvalue weighted by molar-refractivity contribution is 5.81. The second-order valence-electron chi connectivity index (χ2n) is 3.96. The van der Waals surface area contributed by atoms with Crippen LogP contribution in [0.15, 0.2) is 41.5 Å². The van der Waals surface area contributed by atoms with E-state index in [1.165, 1.54) is 0 Å². The Morgan fingerprint density at radius 1 is 1.10 bits per heavy atom. The van der Waals surface area contributed by atoms with Crippen molar-refractivity contribution in [2.75, 3.05) is 5.43 Å². The predicted molar refractivity (Wildman–Crippen MR) is 70.6 cm³/mol. The number of rotatable bonds is 4. The minimum absolute atomic E-state index is 0.113. The molecule has 0 saturated carbocycles. The van der Waals surface area contributed by atoms with Crippen LogP contribution in [-0.2, 0) is 0 Å². The van der Waals surface area contributed by atoms with Crippen LogP contribution in [0, 0.1) is 27.6 Å². The van der Waals surface area contributed by atoms with Crippen LogP contribution in [0.1, 0.15) is 5.56 Å². The number of nitrogens with zero attached hydrogens (tertiary/aromatic N) is 2. The fraction of sp³-hybridized carbons (Fsp3) is 0. The fourth-order valence-corrected chi connectivity index (χ4v) is 1.50. The van der Waals surface area contributed by atoms with Gasteiger partial charge in [-0.15, -0.1) is 0 Å². The largest absolute Gasteiger partial charge is 0.276 e. The standard InChI is InChI=1S/C13H8F3N3O2/c14-9-1-4-13(12(16)6-9)18-17-7-8-5-10(19(20)21)2-3-11(8)15/h1-7,18H. The van der Waals surface area contributed by atoms with E-state index >= 15 is 0 Å². The van der Waals surface area contributed by atoms with Gasteiger partial charge in [0.25, 0.3) is 5.69 Å². The van der Waals surface area contributed by atoms with Crippen molar-refractivity contribution in [3.63, 3.8) is 0 Å². The van der Waals surface area contributed by atoms with E-state index in [9.17, 15) is 23.3 Å². The molecule has 0 heterocycles. The quantitative estimate of drug-likeness (QED) is 0.533.